The van der Waals surface area contributed by atoms with Crippen molar-refractivity contribution in [1.29, 1.82) is 0 Å². The fourth-order valence-electron chi connectivity index (χ4n) is 3.08. The normalized spacial score (nSPS) is 18.5. The van der Waals surface area contributed by atoms with Gasteiger partial charge in [-0.2, -0.15) is 0 Å². The Labute approximate surface area is 145 Å². The molecule has 0 spiro atoms. The summed E-state index contributed by atoms with van der Waals surface area (Å²) in [7, 11) is 0. The van der Waals surface area contributed by atoms with Crippen molar-refractivity contribution in [2.45, 2.75) is 38.4 Å². The molecule has 24 heavy (non-hydrogen) atoms. The molecule has 5 heteroatoms. The Hall–Kier alpha value is -1.14. The van der Waals surface area contributed by atoms with Crippen LogP contribution in [0, 0.1) is 0 Å². The molecule has 1 atom stereocenters. The molecule has 136 valence electrons. The Morgan fingerprint density at radius 2 is 1.62 bits per heavy atom. The molecule has 2 rings (SSSR count). The van der Waals surface area contributed by atoms with Crippen molar-refractivity contribution in [2.75, 3.05) is 45.9 Å². The van der Waals surface area contributed by atoms with Crippen molar-refractivity contribution >= 4 is 0 Å². The highest BCUT2D eigenvalue weighted by molar-refractivity contribution is 5.20. The minimum Gasteiger partial charge on any atom is -0.491 e. The molecule has 1 unspecified atom stereocenters. The van der Waals surface area contributed by atoms with Gasteiger partial charge in [0.2, 0.25) is 0 Å². The molecular formula is C19H32N2O3. The highest BCUT2D eigenvalue weighted by atomic mass is 16.5. The van der Waals surface area contributed by atoms with E-state index in [1.165, 1.54) is 0 Å². The van der Waals surface area contributed by atoms with Gasteiger partial charge < -0.3 is 14.9 Å². The molecule has 1 aromatic carbocycles. The summed E-state index contributed by atoms with van der Waals surface area (Å²) in [5.74, 6) is 0.791. The largest absolute Gasteiger partial charge is 0.491 e. The first-order valence-electron chi connectivity index (χ1n) is 9.07. The summed E-state index contributed by atoms with van der Waals surface area (Å²) in [4.78, 5) is 4.60. The van der Waals surface area contributed by atoms with Gasteiger partial charge in [0.05, 0.1) is 5.60 Å². The van der Waals surface area contributed by atoms with Gasteiger partial charge in [0.15, 0.2) is 0 Å². The van der Waals surface area contributed by atoms with Crippen LogP contribution in [0.5, 0.6) is 5.75 Å². The van der Waals surface area contributed by atoms with Crippen LogP contribution in [0.2, 0.25) is 0 Å². The summed E-state index contributed by atoms with van der Waals surface area (Å²) >= 11 is 0. The average molecular weight is 336 g/mol. The van der Waals surface area contributed by atoms with E-state index in [9.17, 15) is 10.2 Å². The maximum Gasteiger partial charge on any atom is 0.119 e. The number of rotatable bonds is 9. The number of ether oxygens (including phenoxy) is 1. The van der Waals surface area contributed by atoms with E-state index >= 15 is 0 Å². The zero-order valence-corrected chi connectivity index (χ0v) is 15.0. The fourth-order valence-corrected chi connectivity index (χ4v) is 3.08. The van der Waals surface area contributed by atoms with E-state index in [2.05, 4.69) is 9.80 Å². The van der Waals surface area contributed by atoms with Gasteiger partial charge in [-0.3, -0.25) is 9.80 Å². The third-order valence-electron chi connectivity index (χ3n) is 4.95. The maximum absolute atomic E-state index is 10.5. The smallest absolute Gasteiger partial charge is 0.119 e. The standard InChI is InChI=1S/C19H32N2O3/c1-3-19(23,4-2)16-21-12-10-20(11-13-21)14-17(22)15-24-18-8-6-5-7-9-18/h5-9,17,22-23H,3-4,10-16H2,1-2H3. The second kappa shape index (κ2) is 9.37. The molecule has 1 saturated heterocycles. The molecule has 1 aliphatic heterocycles. The zero-order chi connectivity index (χ0) is 17.4. The molecule has 1 heterocycles. The van der Waals surface area contributed by atoms with E-state index in [0.29, 0.717) is 13.2 Å². The second-order valence-corrected chi connectivity index (χ2v) is 6.79. The van der Waals surface area contributed by atoms with Gasteiger partial charge in [0.1, 0.15) is 18.5 Å². The van der Waals surface area contributed by atoms with E-state index < -0.39 is 11.7 Å². The Kier molecular flexibility index (Phi) is 7.49. The van der Waals surface area contributed by atoms with Crippen LogP contribution in [-0.4, -0.2) is 77.6 Å². The summed E-state index contributed by atoms with van der Waals surface area (Å²) in [6, 6.07) is 9.59. The molecule has 0 amide bonds. The van der Waals surface area contributed by atoms with Crippen molar-refractivity contribution in [3.8, 4) is 5.75 Å². The molecule has 0 radical (unpaired) electrons. The van der Waals surface area contributed by atoms with E-state index in [0.717, 1.165) is 51.3 Å². The molecule has 0 aliphatic carbocycles. The first kappa shape index (κ1) is 19.2. The first-order chi connectivity index (χ1) is 11.5. The Bertz CT molecular complexity index is 457. The Balaban J connectivity index is 1.67. The molecule has 2 N–H and O–H groups in total. The molecular weight excluding hydrogens is 304 g/mol. The van der Waals surface area contributed by atoms with E-state index in [4.69, 9.17) is 4.74 Å². The van der Waals surface area contributed by atoms with Gasteiger partial charge in [-0.25, -0.2) is 0 Å². The van der Waals surface area contributed by atoms with Crippen LogP contribution in [0.4, 0.5) is 0 Å². The SMILES string of the molecule is CCC(O)(CC)CN1CCN(CC(O)COc2ccccc2)CC1. The van der Waals surface area contributed by atoms with Crippen LogP contribution < -0.4 is 4.74 Å². The van der Waals surface area contributed by atoms with Gasteiger partial charge in [-0.1, -0.05) is 32.0 Å². The Morgan fingerprint density at radius 3 is 2.21 bits per heavy atom. The number of nitrogens with zero attached hydrogens (tertiary/aromatic N) is 2. The van der Waals surface area contributed by atoms with Crippen LogP contribution in [0.1, 0.15) is 26.7 Å². The van der Waals surface area contributed by atoms with Crippen LogP contribution >= 0.6 is 0 Å². The quantitative estimate of drug-likeness (QED) is 0.717. The highest BCUT2D eigenvalue weighted by Crippen LogP contribution is 2.17. The average Bonchev–Trinajstić information content (AvgIpc) is 2.62. The minimum atomic E-state index is -0.564. The molecule has 0 bridgehead atoms. The van der Waals surface area contributed by atoms with Gasteiger partial charge in [0, 0.05) is 39.3 Å². The van der Waals surface area contributed by atoms with Crippen molar-refractivity contribution in [2.24, 2.45) is 0 Å². The van der Waals surface area contributed by atoms with Gasteiger partial charge in [-0.15, -0.1) is 0 Å². The summed E-state index contributed by atoms with van der Waals surface area (Å²) in [5.41, 5.74) is -0.564. The van der Waals surface area contributed by atoms with Gasteiger partial charge in [-0.05, 0) is 25.0 Å². The molecule has 0 saturated carbocycles. The van der Waals surface area contributed by atoms with Crippen LogP contribution in [0.25, 0.3) is 0 Å². The lowest BCUT2D eigenvalue weighted by atomic mass is 9.96. The molecule has 5 nitrogen and oxygen atoms in total. The zero-order valence-electron chi connectivity index (χ0n) is 15.0. The molecule has 1 aromatic rings. The van der Waals surface area contributed by atoms with Gasteiger partial charge >= 0.3 is 0 Å². The molecule has 1 aliphatic rings. The number of hydrogen-bond acceptors (Lipinski definition) is 5. The van der Waals surface area contributed by atoms with Crippen molar-refractivity contribution in [3.05, 3.63) is 30.3 Å². The summed E-state index contributed by atoms with van der Waals surface area (Å²) < 4.78 is 5.61. The second-order valence-electron chi connectivity index (χ2n) is 6.79. The maximum atomic E-state index is 10.5. The summed E-state index contributed by atoms with van der Waals surface area (Å²) in [6.07, 6.45) is 1.10. The molecule has 1 fully saturated rings. The topological polar surface area (TPSA) is 56.2 Å². The summed E-state index contributed by atoms with van der Waals surface area (Å²) in [6.45, 7) is 9.50. The van der Waals surface area contributed by atoms with E-state index in [1.807, 2.05) is 44.2 Å². The van der Waals surface area contributed by atoms with Gasteiger partial charge in [0.25, 0.3) is 0 Å². The number of aliphatic hydroxyl groups is 2. The number of piperazine rings is 1. The lowest BCUT2D eigenvalue weighted by Crippen LogP contribution is -2.53. The fraction of sp³-hybridized carbons (Fsp3) is 0.684. The van der Waals surface area contributed by atoms with Crippen LogP contribution in [0.3, 0.4) is 0 Å². The van der Waals surface area contributed by atoms with E-state index in [1.54, 1.807) is 0 Å². The third-order valence-corrected chi connectivity index (χ3v) is 4.95. The van der Waals surface area contributed by atoms with E-state index in [-0.39, 0.29) is 0 Å². The minimum absolute atomic E-state index is 0.315. The lowest BCUT2D eigenvalue weighted by molar-refractivity contribution is -0.0208. The number of benzene rings is 1. The van der Waals surface area contributed by atoms with Crippen molar-refractivity contribution in [3.63, 3.8) is 0 Å². The van der Waals surface area contributed by atoms with Crippen LogP contribution in [-0.2, 0) is 0 Å². The predicted octanol–water partition coefficient (Wildman–Crippen LogP) is 1.59. The predicted molar refractivity (Wildman–Crippen MR) is 96.4 cm³/mol. The van der Waals surface area contributed by atoms with Crippen LogP contribution in [0.15, 0.2) is 30.3 Å². The number of para-hydroxylation sites is 1. The first-order valence-corrected chi connectivity index (χ1v) is 9.07. The highest BCUT2D eigenvalue weighted by Gasteiger charge is 2.28. The van der Waals surface area contributed by atoms with Crippen molar-refractivity contribution < 1.29 is 14.9 Å². The Morgan fingerprint density at radius 1 is 1.04 bits per heavy atom. The summed E-state index contributed by atoms with van der Waals surface area (Å²) in [5, 5.41) is 20.6. The number of hydrogen-bond donors (Lipinski definition) is 2. The van der Waals surface area contributed by atoms with Crippen molar-refractivity contribution in [1.82, 2.24) is 9.80 Å². The third kappa shape index (κ3) is 6.06. The lowest BCUT2D eigenvalue weighted by Gasteiger charge is -2.39. The molecule has 0 aromatic heterocycles. The number of β-amino-alcohol motifs (C(OH)–C–C–N with tert-alkyl or cyclic N) is 2. The monoisotopic (exact) mass is 336 g/mol. The number of aliphatic hydroxyl groups excluding tert-OH is 1.